The van der Waals surface area contributed by atoms with E-state index in [1.165, 1.54) is 38.5 Å². The van der Waals surface area contributed by atoms with Gasteiger partial charge >= 0.3 is 0 Å². The van der Waals surface area contributed by atoms with Crippen LogP contribution in [-0.2, 0) is 9.59 Å². The molecule has 0 aromatic heterocycles. The third-order valence-electron chi connectivity index (χ3n) is 4.21. The molecule has 0 aliphatic carbocycles. The van der Waals surface area contributed by atoms with E-state index in [4.69, 9.17) is 0 Å². The van der Waals surface area contributed by atoms with Crippen LogP contribution in [0, 0.1) is 22.9 Å². The summed E-state index contributed by atoms with van der Waals surface area (Å²) in [7, 11) is -2.84. The number of carbonyl (C=O) groups is 2. The zero-order valence-electron chi connectivity index (χ0n) is 19.3. The predicted molar refractivity (Wildman–Crippen MR) is 128 cm³/mol. The maximum absolute atomic E-state index is 11.7. The Hall–Kier alpha value is -1.11. The molecule has 0 heterocycles. The smallest absolute Gasteiger partial charge is 0.204 e. The van der Waals surface area contributed by atoms with E-state index in [-0.39, 0.29) is 11.6 Å². The molecule has 0 aliphatic rings. The molecule has 0 bridgehead atoms. The summed E-state index contributed by atoms with van der Waals surface area (Å²) >= 11 is 0. The first-order valence-corrected chi connectivity index (χ1v) is 18.1. The molecule has 0 spiro atoms. The Labute approximate surface area is 176 Å². The van der Waals surface area contributed by atoms with Crippen LogP contribution in [-0.4, -0.2) is 27.7 Å². The molecular formula is C24H42O2Si2. The number of ketones is 2. The minimum absolute atomic E-state index is 0.118. The second-order valence-electron chi connectivity index (χ2n) is 9.88. The summed E-state index contributed by atoms with van der Waals surface area (Å²) in [6, 6.07) is 0. The molecule has 0 aromatic rings. The van der Waals surface area contributed by atoms with Gasteiger partial charge in [0, 0.05) is 12.8 Å². The average Bonchev–Trinajstić information content (AvgIpc) is 2.58. The van der Waals surface area contributed by atoms with E-state index in [1.54, 1.807) is 0 Å². The number of unbranched alkanes of at least 4 members (excludes halogenated alkanes) is 9. The molecule has 4 heteroatoms. The van der Waals surface area contributed by atoms with Gasteiger partial charge in [-0.1, -0.05) is 90.6 Å². The molecule has 0 amide bonds. The van der Waals surface area contributed by atoms with Crippen LogP contribution in [0.25, 0.3) is 0 Å². The van der Waals surface area contributed by atoms with Crippen molar-refractivity contribution in [1.82, 2.24) is 0 Å². The molecule has 2 nitrogen and oxygen atoms in total. The lowest BCUT2D eigenvalue weighted by molar-refractivity contribution is -0.114. The first-order valence-electron chi connectivity index (χ1n) is 11.1. The summed E-state index contributed by atoms with van der Waals surface area (Å²) in [5.74, 6) is 5.88. The first-order chi connectivity index (χ1) is 13.0. The van der Waals surface area contributed by atoms with Crippen LogP contribution in [0.5, 0.6) is 0 Å². The van der Waals surface area contributed by atoms with Gasteiger partial charge in [-0.25, -0.2) is 0 Å². The third-order valence-corrected chi connectivity index (χ3v) is 5.96. The monoisotopic (exact) mass is 418 g/mol. The molecule has 0 rings (SSSR count). The molecule has 0 saturated carbocycles. The van der Waals surface area contributed by atoms with Gasteiger partial charge < -0.3 is 0 Å². The highest BCUT2D eigenvalue weighted by Crippen LogP contribution is 2.12. The van der Waals surface area contributed by atoms with Crippen molar-refractivity contribution in [3.8, 4) is 22.9 Å². The van der Waals surface area contributed by atoms with Gasteiger partial charge in [0.05, 0.1) is 0 Å². The van der Waals surface area contributed by atoms with E-state index in [1.807, 2.05) is 0 Å². The fraction of sp³-hybridized carbons (Fsp3) is 0.750. The van der Waals surface area contributed by atoms with E-state index in [9.17, 15) is 9.59 Å². The first kappa shape index (κ1) is 26.9. The van der Waals surface area contributed by atoms with Crippen molar-refractivity contribution in [2.75, 3.05) is 0 Å². The Morgan fingerprint density at radius 3 is 1.00 bits per heavy atom. The van der Waals surface area contributed by atoms with Gasteiger partial charge in [-0.2, -0.15) is 0 Å². The summed E-state index contributed by atoms with van der Waals surface area (Å²) in [5.41, 5.74) is 6.29. The molecule has 0 radical (unpaired) electrons. The van der Waals surface area contributed by atoms with Gasteiger partial charge in [-0.05, 0) is 24.7 Å². The van der Waals surface area contributed by atoms with E-state index < -0.39 is 16.1 Å². The summed E-state index contributed by atoms with van der Waals surface area (Å²) in [4.78, 5) is 23.4. The molecule has 0 saturated heterocycles. The summed E-state index contributed by atoms with van der Waals surface area (Å²) < 4.78 is 0. The number of rotatable bonds is 13. The fourth-order valence-corrected chi connectivity index (χ4v) is 3.65. The lowest BCUT2D eigenvalue weighted by Gasteiger charge is -2.03. The lowest BCUT2D eigenvalue weighted by atomic mass is 10.0. The van der Waals surface area contributed by atoms with Crippen LogP contribution >= 0.6 is 0 Å². The largest absolute Gasteiger partial charge is 0.285 e. The Bertz CT molecular complexity index is 533. The molecule has 28 heavy (non-hydrogen) atoms. The standard InChI is InChI=1S/C24H42O2Si2/c1-27(2,3)21-19-23(25)17-15-13-11-9-7-8-10-12-14-16-18-24(26)20-22-28(4,5)6/h7-18H2,1-6H3. The van der Waals surface area contributed by atoms with Crippen LogP contribution in [0.15, 0.2) is 0 Å². The number of Topliss-reactive ketones (excluding diaryl/α,β-unsaturated/α-hetero) is 2. The SMILES string of the molecule is C[Si](C)(C)C#CC(=O)CCCCCCCCCCCCC(=O)C#C[Si](C)(C)C. The molecule has 0 unspecified atom stereocenters. The maximum atomic E-state index is 11.7. The normalized spacial score (nSPS) is 11.2. The summed E-state index contributed by atoms with van der Waals surface area (Å²) in [6.07, 6.45) is 13.0. The highest BCUT2D eigenvalue weighted by Gasteiger charge is 2.09. The molecule has 0 N–H and O–H groups in total. The van der Waals surface area contributed by atoms with Crippen molar-refractivity contribution in [3.63, 3.8) is 0 Å². The van der Waals surface area contributed by atoms with Crippen molar-refractivity contribution >= 4 is 27.7 Å². The molecule has 0 aliphatic heterocycles. The highest BCUT2D eigenvalue weighted by atomic mass is 28.3. The minimum atomic E-state index is -1.42. The van der Waals surface area contributed by atoms with Gasteiger partial charge in [0.2, 0.25) is 11.6 Å². The van der Waals surface area contributed by atoms with Gasteiger partial charge in [0.25, 0.3) is 0 Å². The highest BCUT2D eigenvalue weighted by molar-refractivity contribution is 6.84. The van der Waals surface area contributed by atoms with Crippen molar-refractivity contribution in [2.45, 2.75) is 116 Å². The lowest BCUT2D eigenvalue weighted by Crippen LogP contribution is -2.17. The van der Waals surface area contributed by atoms with E-state index in [2.05, 4.69) is 62.2 Å². The molecule has 0 aromatic carbocycles. The van der Waals surface area contributed by atoms with Crippen LogP contribution in [0.1, 0.15) is 77.0 Å². The fourth-order valence-electron chi connectivity index (χ4n) is 2.62. The van der Waals surface area contributed by atoms with Crippen molar-refractivity contribution in [3.05, 3.63) is 0 Å². The van der Waals surface area contributed by atoms with Crippen LogP contribution in [0.3, 0.4) is 0 Å². The predicted octanol–water partition coefficient (Wildman–Crippen LogP) is 6.57. The van der Waals surface area contributed by atoms with Gasteiger partial charge in [-0.3, -0.25) is 9.59 Å². The Morgan fingerprint density at radius 2 is 0.750 bits per heavy atom. The summed E-state index contributed by atoms with van der Waals surface area (Å²) in [6.45, 7) is 13.0. The van der Waals surface area contributed by atoms with Crippen molar-refractivity contribution in [2.24, 2.45) is 0 Å². The topological polar surface area (TPSA) is 34.1 Å². The van der Waals surface area contributed by atoms with Crippen LogP contribution in [0.2, 0.25) is 39.3 Å². The zero-order chi connectivity index (χ0) is 21.5. The van der Waals surface area contributed by atoms with Crippen molar-refractivity contribution < 1.29 is 9.59 Å². The Kier molecular flexibility index (Phi) is 14.2. The maximum Gasteiger partial charge on any atom is 0.204 e. The van der Waals surface area contributed by atoms with Crippen molar-refractivity contribution in [1.29, 1.82) is 0 Å². The van der Waals surface area contributed by atoms with E-state index >= 15 is 0 Å². The third kappa shape index (κ3) is 21.2. The molecule has 0 fully saturated rings. The van der Waals surface area contributed by atoms with Gasteiger partial charge in [0.15, 0.2) is 0 Å². The number of carbonyl (C=O) groups excluding carboxylic acids is 2. The zero-order valence-corrected chi connectivity index (χ0v) is 21.3. The minimum Gasteiger partial charge on any atom is -0.285 e. The van der Waals surface area contributed by atoms with Gasteiger partial charge in [0.1, 0.15) is 16.1 Å². The molecule has 158 valence electrons. The van der Waals surface area contributed by atoms with E-state index in [0.29, 0.717) is 12.8 Å². The quantitative estimate of drug-likeness (QED) is 0.193. The average molecular weight is 419 g/mol. The molecule has 0 atom stereocenters. The van der Waals surface area contributed by atoms with E-state index in [0.717, 1.165) is 25.7 Å². The Morgan fingerprint density at radius 1 is 0.500 bits per heavy atom. The molecular weight excluding hydrogens is 376 g/mol. The van der Waals surface area contributed by atoms with Crippen LogP contribution < -0.4 is 0 Å². The summed E-state index contributed by atoms with van der Waals surface area (Å²) in [5, 5.41) is 0. The Balaban J connectivity index is 3.47. The number of hydrogen-bond donors (Lipinski definition) is 0. The van der Waals surface area contributed by atoms with Gasteiger partial charge in [-0.15, -0.1) is 11.1 Å². The second kappa shape index (κ2) is 14.8. The van der Waals surface area contributed by atoms with Crippen LogP contribution in [0.4, 0.5) is 0 Å². The second-order valence-corrected chi connectivity index (χ2v) is 19.4. The number of hydrogen-bond acceptors (Lipinski definition) is 2.